The number of benzene rings is 2. The zero-order valence-electron chi connectivity index (χ0n) is 13.5. The highest BCUT2D eigenvalue weighted by atomic mass is 16.7. The Kier molecular flexibility index (Phi) is 2.50. The van der Waals surface area contributed by atoms with E-state index < -0.39 is 6.10 Å². The summed E-state index contributed by atoms with van der Waals surface area (Å²) in [7, 11) is 0. The highest BCUT2D eigenvalue weighted by Gasteiger charge is 2.49. The van der Waals surface area contributed by atoms with E-state index in [1.807, 2.05) is 6.07 Å². The predicted octanol–water partition coefficient (Wildman–Crippen LogP) is 2.62. The minimum Gasteiger partial charge on any atom is -0.488 e. The van der Waals surface area contributed by atoms with Crippen LogP contribution in [0.1, 0.15) is 32.2 Å². The second kappa shape index (κ2) is 4.66. The molecule has 2 aromatic rings. The maximum absolute atomic E-state index is 13.1. The fourth-order valence-electron chi connectivity index (χ4n) is 4.10. The second-order valence-electron chi connectivity index (χ2n) is 6.65. The number of hydrogen-bond donors (Lipinski definition) is 0. The van der Waals surface area contributed by atoms with Crippen molar-refractivity contribution in [2.75, 3.05) is 13.4 Å². The smallest absolute Gasteiger partial charge is 0.231 e. The first kappa shape index (κ1) is 13.9. The molecular weight excluding hydrogens is 336 g/mol. The molecule has 2 atom stereocenters. The lowest BCUT2D eigenvalue weighted by Crippen LogP contribution is -2.39. The fraction of sp³-hybridized carbons (Fsp3) is 0.200. The van der Waals surface area contributed by atoms with Crippen molar-refractivity contribution in [1.29, 1.82) is 0 Å². The van der Waals surface area contributed by atoms with Gasteiger partial charge in [0, 0.05) is 22.8 Å². The molecule has 0 saturated carbocycles. The van der Waals surface area contributed by atoms with Crippen molar-refractivity contribution in [2.45, 2.75) is 12.0 Å². The topological polar surface area (TPSA) is 71.1 Å². The molecule has 1 aliphatic carbocycles. The Labute approximate surface area is 147 Å². The summed E-state index contributed by atoms with van der Waals surface area (Å²) in [5.74, 6) is 1.39. The highest BCUT2D eigenvalue weighted by molar-refractivity contribution is 6.26. The Morgan fingerprint density at radius 2 is 1.58 bits per heavy atom. The number of fused-ring (bicyclic) bond motifs is 6. The van der Waals surface area contributed by atoms with E-state index in [9.17, 15) is 9.59 Å². The first-order valence-corrected chi connectivity index (χ1v) is 8.38. The van der Waals surface area contributed by atoms with Gasteiger partial charge in [-0.05, 0) is 6.07 Å². The van der Waals surface area contributed by atoms with Crippen LogP contribution in [0.4, 0.5) is 0 Å². The predicted molar refractivity (Wildman–Crippen MR) is 87.8 cm³/mol. The summed E-state index contributed by atoms with van der Waals surface area (Å²) in [6.45, 7) is 0.458. The van der Waals surface area contributed by atoms with Crippen LogP contribution in [0.3, 0.4) is 0 Å². The van der Waals surface area contributed by atoms with Crippen molar-refractivity contribution in [1.82, 2.24) is 0 Å². The second-order valence-corrected chi connectivity index (χ2v) is 6.65. The van der Waals surface area contributed by atoms with Crippen LogP contribution in [-0.2, 0) is 4.74 Å². The molecule has 26 heavy (non-hydrogen) atoms. The van der Waals surface area contributed by atoms with Crippen molar-refractivity contribution in [3.8, 4) is 17.2 Å². The largest absolute Gasteiger partial charge is 0.488 e. The number of carbonyl (C=O) groups is 2. The zero-order chi connectivity index (χ0) is 17.4. The molecule has 6 nitrogen and oxygen atoms in total. The van der Waals surface area contributed by atoms with Crippen molar-refractivity contribution in [3.63, 3.8) is 0 Å². The van der Waals surface area contributed by atoms with Gasteiger partial charge in [-0.3, -0.25) is 9.59 Å². The summed E-state index contributed by atoms with van der Waals surface area (Å²) < 4.78 is 22.7. The Morgan fingerprint density at radius 3 is 2.38 bits per heavy atom. The van der Waals surface area contributed by atoms with E-state index in [0.29, 0.717) is 33.9 Å². The molecule has 0 unspecified atom stereocenters. The Bertz CT molecular complexity index is 1050. The summed E-state index contributed by atoms with van der Waals surface area (Å²) in [5.41, 5.74) is 1.99. The quantitative estimate of drug-likeness (QED) is 0.729. The molecule has 0 spiro atoms. The molecular formula is C20H12O6. The average Bonchev–Trinajstić information content (AvgIpc) is 3.27. The lowest BCUT2D eigenvalue weighted by Gasteiger charge is -2.31. The number of rotatable bonds is 0. The maximum Gasteiger partial charge on any atom is 0.231 e. The number of ether oxygens (including phenoxy) is 4. The molecule has 3 aliphatic heterocycles. The van der Waals surface area contributed by atoms with Crippen LogP contribution in [0.2, 0.25) is 0 Å². The monoisotopic (exact) mass is 348 g/mol. The Morgan fingerprint density at radius 1 is 0.846 bits per heavy atom. The first-order valence-electron chi connectivity index (χ1n) is 8.38. The van der Waals surface area contributed by atoms with Crippen LogP contribution in [-0.4, -0.2) is 31.1 Å². The van der Waals surface area contributed by atoms with Crippen LogP contribution in [0.25, 0.3) is 0 Å². The number of hydrogen-bond acceptors (Lipinski definition) is 6. The van der Waals surface area contributed by atoms with Gasteiger partial charge in [-0.2, -0.15) is 0 Å². The van der Waals surface area contributed by atoms with Gasteiger partial charge < -0.3 is 18.9 Å². The fourth-order valence-corrected chi connectivity index (χ4v) is 4.10. The van der Waals surface area contributed by atoms with Gasteiger partial charge in [0.15, 0.2) is 23.0 Å². The molecule has 0 fully saturated rings. The number of allylic oxidation sites excluding steroid dienone is 1. The maximum atomic E-state index is 13.1. The van der Waals surface area contributed by atoms with Gasteiger partial charge in [0.2, 0.25) is 12.6 Å². The lowest BCUT2D eigenvalue weighted by molar-refractivity contribution is 0.0696. The average molecular weight is 348 g/mol. The van der Waals surface area contributed by atoms with Crippen molar-refractivity contribution in [2.24, 2.45) is 0 Å². The van der Waals surface area contributed by atoms with Gasteiger partial charge in [-0.25, -0.2) is 0 Å². The lowest BCUT2D eigenvalue weighted by atomic mass is 9.80. The SMILES string of the molecule is O=C1C2=C(C(=O)c3ccccc31)[C@H]1Oc3cc4c(cc3[C@H]1CO2)OCO4. The normalized spacial score (nSPS) is 24.3. The molecule has 0 radical (unpaired) electrons. The molecule has 3 heterocycles. The molecule has 2 aromatic carbocycles. The van der Waals surface area contributed by atoms with Crippen molar-refractivity contribution >= 4 is 11.6 Å². The van der Waals surface area contributed by atoms with Gasteiger partial charge in [0.05, 0.1) is 18.1 Å². The summed E-state index contributed by atoms with van der Waals surface area (Å²) in [6, 6.07) is 10.5. The van der Waals surface area contributed by atoms with Crippen molar-refractivity contribution in [3.05, 3.63) is 64.4 Å². The Balaban J connectivity index is 1.49. The standard InChI is InChI=1S/C20H12O6/c21-17-9-3-1-2-4-10(9)18(22)20-16(17)19-12(7-23-20)11-5-14-15(25-8-24-14)6-13(11)26-19/h1-6,12,19H,7-8H2/t12-,19+/m1/s1. The molecule has 0 aromatic heterocycles. The summed E-state index contributed by atoms with van der Waals surface area (Å²) in [4.78, 5) is 25.9. The van der Waals surface area contributed by atoms with Gasteiger partial charge >= 0.3 is 0 Å². The number of Topliss-reactive ketones (excluding diaryl/α,β-unsaturated/α-hetero) is 2. The van der Waals surface area contributed by atoms with E-state index in [0.717, 1.165) is 5.56 Å². The van der Waals surface area contributed by atoms with Gasteiger partial charge in [-0.1, -0.05) is 24.3 Å². The molecule has 0 amide bonds. The van der Waals surface area contributed by atoms with Crippen LogP contribution >= 0.6 is 0 Å². The third-order valence-electron chi connectivity index (χ3n) is 5.33. The minimum absolute atomic E-state index is 0.114. The molecule has 4 aliphatic rings. The third-order valence-corrected chi connectivity index (χ3v) is 5.33. The minimum atomic E-state index is -0.541. The molecule has 128 valence electrons. The summed E-state index contributed by atoms with van der Waals surface area (Å²) in [5, 5.41) is 0. The summed E-state index contributed by atoms with van der Waals surface area (Å²) in [6.07, 6.45) is -0.541. The van der Waals surface area contributed by atoms with Gasteiger partial charge in [0.25, 0.3) is 0 Å². The molecule has 6 heteroatoms. The van der Waals surface area contributed by atoms with E-state index >= 15 is 0 Å². The third kappa shape index (κ3) is 1.61. The number of carbonyl (C=O) groups excluding carboxylic acids is 2. The molecule has 6 rings (SSSR count). The highest BCUT2D eigenvalue weighted by Crippen LogP contribution is 2.51. The zero-order valence-corrected chi connectivity index (χ0v) is 13.5. The van der Waals surface area contributed by atoms with E-state index in [-0.39, 0.29) is 36.6 Å². The molecule has 0 N–H and O–H groups in total. The number of ketones is 2. The van der Waals surface area contributed by atoms with E-state index in [1.165, 1.54) is 0 Å². The van der Waals surface area contributed by atoms with Crippen LogP contribution in [0.5, 0.6) is 17.2 Å². The summed E-state index contributed by atoms with van der Waals surface area (Å²) >= 11 is 0. The van der Waals surface area contributed by atoms with Gasteiger partial charge in [-0.15, -0.1) is 0 Å². The van der Waals surface area contributed by atoms with Crippen molar-refractivity contribution < 1.29 is 28.5 Å². The first-order chi connectivity index (χ1) is 12.7. The molecule has 0 bridgehead atoms. The van der Waals surface area contributed by atoms with Crippen LogP contribution in [0.15, 0.2) is 47.7 Å². The van der Waals surface area contributed by atoms with Crippen LogP contribution < -0.4 is 14.2 Å². The molecule has 0 saturated heterocycles. The van der Waals surface area contributed by atoms with E-state index in [2.05, 4.69) is 0 Å². The van der Waals surface area contributed by atoms with E-state index in [4.69, 9.17) is 18.9 Å². The van der Waals surface area contributed by atoms with Gasteiger partial charge in [0.1, 0.15) is 11.9 Å². The Hall–Kier alpha value is -3.28. The van der Waals surface area contributed by atoms with Crippen LogP contribution in [0, 0.1) is 0 Å². The van der Waals surface area contributed by atoms with E-state index in [1.54, 1.807) is 30.3 Å².